The lowest BCUT2D eigenvalue weighted by Gasteiger charge is -2.33. The van der Waals surface area contributed by atoms with E-state index >= 15 is 0 Å². The zero-order valence-corrected chi connectivity index (χ0v) is 10.3. The number of nitrogens with zero attached hydrogens (tertiary/aromatic N) is 3. The van der Waals surface area contributed by atoms with Gasteiger partial charge in [-0.15, -0.1) is 0 Å². The predicted molar refractivity (Wildman–Crippen MR) is 65.7 cm³/mol. The standard InChI is InChI=1S/C10H11ClN4O3/c1-6-10(16)12-4-5-14(6)9-7(15(17)18)2-3-8(11)13-9/h2-3,6H,4-5H2,1H3,(H,12,16). The van der Waals surface area contributed by atoms with Crippen molar-refractivity contribution in [2.24, 2.45) is 0 Å². The fourth-order valence-corrected chi connectivity index (χ4v) is 1.99. The lowest BCUT2D eigenvalue weighted by Crippen LogP contribution is -2.54. The molecule has 0 aromatic carbocycles. The molecule has 2 heterocycles. The fraction of sp³-hybridized carbons (Fsp3) is 0.400. The molecule has 1 aromatic rings. The highest BCUT2D eigenvalue weighted by atomic mass is 35.5. The average Bonchev–Trinajstić information content (AvgIpc) is 2.32. The number of halogens is 1. The number of rotatable bonds is 2. The molecule has 0 aliphatic carbocycles. The van der Waals surface area contributed by atoms with Crippen LogP contribution in [0.25, 0.3) is 0 Å². The zero-order chi connectivity index (χ0) is 13.3. The first-order valence-corrected chi connectivity index (χ1v) is 5.74. The van der Waals surface area contributed by atoms with Gasteiger partial charge in [0, 0.05) is 19.2 Å². The molecule has 1 atom stereocenters. The summed E-state index contributed by atoms with van der Waals surface area (Å²) in [6.45, 7) is 2.55. The number of pyridine rings is 1. The van der Waals surface area contributed by atoms with Gasteiger partial charge in [-0.25, -0.2) is 4.98 Å². The number of piperazine rings is 1. The molecular formula is C10H11ClN4O3. The van der Waals surface area contributed by atoms with Crippen molar-refractivity contribution in [3.63, 3.8) is 0 Å². The van der Waals surface area contributed by atoms with Crippen LogP contribution in [-0.4, -0.2) is 34.9 Å². The van der Waals surface area contributed by atoms with Gasteiger partial charge >= 0.3 is 5.69 Å². The van der Waals surface area contributed by atoms with Crippen LogP contribution in [0, 0.1) is 10.1 Å². The van der Waals surface area contributed by atoms with Crippen molar-refractivity contribution in [2.45, 2.75) is 13.0 Å². The largest absolute Gasteiger partial charge is 0.353 e. The van der Waals surface area contributed by atoms with Crippen molar-refractivity contribution in [2.75, 3.05) is 18.0 Å². The molecule has 1 amide bonds. The summed E-state index contributed by atoms with van der Waals surface area (Å²) in [6.07, 6.45) is 0. The summed E-state index contributed by atoms with van der Waals surface area (Å²) < 4.78 is 0. The number of anilines is 1. The van der Waals surface area contributed by atoms with Gasteiger partial charge in [-0.3, -0.25) is 14.9 Å². The molecule has 1 aliphatic heterocycles. The molecule has 7 nitrogen and oxygen atoms in total. The first-order valence-electron chi connectivity index (χ1n) is 5.36. The SMILES string of the molecule is CC1C(=O)NCCN1c1nc(Cl)ccc1[N+](=O)[O-]. The molecule has 1 aromatic heterocycles. The second-order valence-electron chi connectivity index (χ2n) is 3.89. The van der Waals surface area contributed by atoms with E-state index in [2.05, 4.69) is 10.3 Å². The van der Waals surface area contributed by atoms with E-state index in [-0.39, 0.29) is 22.6 Å². The smallest absolute Gasteiger partial charge is 0.311 e. The van der Waals surface area contributed by atoms with Crippen LogP contribution in [0.15, 0.2) is 12.1 Å². The van der Waals surface area contributed by atoms with E-state index in [1.165, 1.54) is 12.1 Å². The van der Waals surface area contributed by atoms with Gasteiger partial charge in [-0.05, 0) is 13.0 Å². The zero-order valence-electron chi connectivity index (χ0n) is 9.59. The molecule has 18 heavy (non-hydrogen) atoms. The summed E-state index contributed by atoms with van der Waals surface area (Å²) in [7, 11) is 0. The maximum absolute atomic E-state index is 11.6. The number of carbonyl (C=O) groups is 1. The second-order valence-corrected chi connectivity index (χ2v) is 4.28. The van der Waals surface area contributed by atoms with Gasteiger partial charge in [-0.2, -0.15) is 0 Å². The van der Waals surface area contributed by atoms with Crippen LogP contribution in [-0.2, 0) is 4.79 Å². The van der Waals surface area contributed by atoms with Crippen molar-refractivity contribution in [1.29, 1.82) is 0 Å². The molecule has 0 bridgehead atoms. The van der Waals surface area contributed by atoms with E-state index in [9.17, 15) is 14.9 Å². The highest BCUT2D eigenvalue weighted by Crippen LogP contribution is 2.29. The maximum atomic E-state index is 11.6. The highest BCUT2D eigenvalue weighted by Gasteiger charge is 2.31. The van der Waals surface area contributed by atoms with E-state index in [0.717, 1.165) is 0 Å². The van der Waals surface area contributed by atoms with Crippen LogP contribution in [0.3, 0.4) is 0 Å². The van der Waals surface area contributed by atoms with Crippen molar-refractivity contribution < 1.29 is 9.72 Å². The first kappa shape index (κ1) is 12.6. The number of hydrogen-bond donors (Lipinski definition) is 1. The van der Waals surface area contributed by atoms with Crippen LogP contribution in [0.2, 0.25) is 5.15 Å². The summed E-state index contributed by atoms with van der Waals surface area (Å²) >= 11 is 5.76. The second kappa shape index (κ2) is 4.77. The number of amides is 1. The fourth-order valence-electron chi connectivity index (χ4n) is 1.84. The summed E-state index contributed by atoms with van der Waals surface area (Å²) in [5.74, 6) is -0.0489. The van der Waals surface area contributed by atoms with Crippen molar-refractivity contribution >= 4 is 29.0 Å². The molecule has 1 unspecified atom stereocenters. The molecule has 2 rings (SSSR count). The van der Waals surface area contributed by atoms with E-state index < -0.39 is 11.0 Å². The first-order chi connectivity index (χ1) is 8.50. The van der Waals surface area contributed by atoms with Gasteiger partial charge < -0.3 is 10.2 Å². The molecular weight excluding hydrogens is 260 g/mol. The van der Waals surface area contributed by atoms with Crippen LogP contribution in [0.1, 0.15) is 6.92 Å². The molecule has 1 saturated heterocycles. The summed E-state index contributed by atoms with van der Waals surface area (Å²) in [6, 6.07) is 2.14. The van der Waals surface area contributed by atoms with E-state index in [4.69, 9.17) is 11.6 Å². The van der Waals surface area contributed by atoms with Gasteiger partial charge in [0.05, 0.1) is 4.92 Å². The van der Waals surface area contributed by atoms with Crippen LogP contribution in [0.5, 0.6) is 0 Å². The summed E-state index contributed by atoms with van der Waals surface area (Å²) in [5, 5.41) is 13.8. The molecule has 8 heteroatoms. The molecule has 1 N–H and O–H groups in total. The Morgan fingerprint density at radius 3 is 3.00 bits per heavy atom. The molecule has 1 fully saturated rings. The number of nitrogens with one attached hydrogen (secondary N) is 1. The van der Waals surface area contributed by atoms with Gasteiger partial charge in [0.15, 0.2) is 0 Å². The minimum absolute atomic E-state index is 0.134. The average molecular weight is 271 g/mol. The minimum Gasteiger partial charge on any atom is -0.353 e. The predicted octanol–water partition coefficient (Wildman–Crippen LogP) is 0.968. The van der Waals surface area contributed by atoms with Crippen molar-refractivity contribution in [1.82, 2.24) is 10.3 Å². The third kappa shape index (κ3) is 2.21. The minimum atomic E-state index is -0.530. The quantitative estimate of drug-likeness (QED) is 0.491. The Labute approximate surface area is 108 Å². The Bertz CT molecular complexity index is 508. The third-order valence-corrected chi connectivity index (χ3v) is 3.00. The summed E-state index contributed by atoms with van der Waals surface area (Å²) in [4.78, 5) is 27.5. The number of hydrogen-bond acceptors (Lipinski definition) is 5. The van der Waals surface area contributed by atoms with Gasteiger partial charge in [-0.1, -0.05) is 11.6 Å². The highest BCUT2D eigenvalue weighted by molar-refractivity contribution is 6.29. The van der Waals surface area contributed by atoms with E-state index in [1.807, 2.05) is 0 Å². The Kier molecular flexibility index (Phi) is 3.33. The Hall–Kier alpha value is -1.89. The lowest BCUT2D eigenvalue weighted by molar-refractivity contribution is -0.384. The molecule has 96 valence electrons. The van der Waals surface area contributed by atoms with Crippen LogP contribution in [0.4, 0.5) is 11.5 Å². The lowest BCUT2D eigenvalue weighted by atomic mass is 10.2. The number of aromatic nitrogens is 1. The van der Waals surface area contributed by atoms with Crippen LogP contribution >= 0.6 is 11.6 Å². The van der Waals surface area contributed by atoms with E-state index in [0.29, 0.717) is 13.1 Å². The van der Waals surface area contributed by atoms with Gasteiger partial charge in [0.1, 0.15) is 11.2 Å². The Morgan fingerprint density at radius 1 is 1.61 bits per heavy atom. The molecule has 0 spiro atoms. The molecule has 1 aliphatic rings. The van der Waals surface area contributed by atoms with Crippen molar-refractivity contribution in [3.8, 4) is 0 Å². The molecule has 0 radical (unpaired) electrons. The third-order valence-electron chi connectivity index (χ3n) is 2.79. The number of carbonyl (C=O) groups excluding carboxylic acids is 1. The topological polar surface area (TPSA) is 88.4 Å². The summed E-state index contributed by atoms with van der Waals surface area (Å²) in [5.41, 5.74) is -0.152. The number of nitro groups is 1. The monoisotopic (exact) mass is 270 g/mol. The van der Waals surface area contributed by atoms with Crippen LogP contribution < -0.4 is 10.2 Å². The normalized spacial score (nSPS) is 19.6. The maximum Gasteiger partial charge on any atom is 0.311 e. The Balaban J connectivity index is 2.45. The Morgan fingerprint density at radius 2 is 2.33 bits per heavy atom. The molecule has 0 saturated carbocycles. The van der Waals surface area contributed by atoms with E-state index in [1.54, 1.807) is 11.8 Å². The van der Waals surface area contributed by atoms with Gasteiger partial charge in [0.25, 0.3) is 0 Å². The van der Waals surface area contributed by atoms with Gasteiger partial charge in [0.2, 0.25) is 11.7 Å². The van der Waals surface area contributed by atoms with Crippen molar-refractivity contribution in [3.05, 3.63) is 27.4 Å².